The number of aromatic nitrogens is 4. The number of carbonyl (C=O) groups is 1. The summed E-state index contributed by atoms with van der Waals surface area (Å²) in [7, 11) is 0. The van der Waals surface area contributed by atoms with Crippen LogP contribution in [-0.2, 0) is 11.3 Å². The van der Waals surface area contributed by atoms with E-state index in [4.69, 9.17) is 0 Å². The lowest BCUT2D eigenvalue weighted by Crippen LogP contribution is -2.31. The van der Waals surface area contributed by atoms with Crippen LogP contribution in [0.4, 0.5) is 5.69 Å². The molecule has 0 unspecified atom stereocenters. The highest BCUT2D eigenvalue weighted by atomic mass is 16.2. The van der Waals surface area contributed by atoms with E-state index >= 15 is 0 Å². The molecule has 0 spiro atoms. The van der Waals surface area contributed by atoms with Crippen LogP contribution in [0.3, 0.4) is 0 Å². The van der Waals surface area contributed by atoms with Gasteiger partial charge in [-0.1, -0.05) is 30.3 Å². The zero-order valence-corrected chi connectivity index (χ0v) is 16.7. The van der Waals surface area contributed by atoms with E-state index in [1.165, 1.54) is 4.68 Å². The molecule has 0 aliphatic carbocycles. The highest BCUT2D eigenvalue weighted by Crippen LogP contribution is 2.22. The first-order chi connectivity index (χ1) is 14.5. The minimum atomic E-state index is -0.360. The maximum Gasteiger partial charge on any atom is 0.273 e. The lowest BCUT2D eigenvalue weighted by molar-refractivity contribution is -0.116. The van der Waals surface area contributed by atoms with Crippen molar-refractivity contribution in [3.8, 4) is 5.69 Å². The molecular formula is C22H21N5O3. The van der Waals surface area contributed by atoms with Gasteiger partial charge in [0, 0.05) is 6.42 Å². The number of rotatable bonds is 5. The maximum atomic E-state index is 12.6. The van der Waals surface area contributed by atoms with Crippen molar-refractivity contribution in [3.63, 3.8) is 0 Å². The highest BCUT2D eigenvalue weighted by molar-refractivity contribution is 5.92. The second-order valence-electron chi connectivity index (χ2n) is 7.03. The first kappa shape index (κ1) is 19.4. The molecule has 8 nitrogen and oxygen atoms in total. The zero-order valence-electron chi connectivity index (χ0n) is 16.7. The van der Waals surface area contributed by atoms with E-state index < -0.39 is 0 Å². The molecule has 1 amide bonds. The molecule has 0 saturated heterocycles. The third kappa shape index (κ3) is 3.55. The summed E-state index contributed by atoms with van der Waals surface area (Å²) in [6, 6.07) is 16.3. The first-order valence-electron chi connectivity index (χ1n) is 9.59. The Bertz CT molecular complexity index is 1350. The fourth-order valence-corrected chi connectivity index (χ4v) is 3.46. The van der Waals surface area contributed by atoms with Crippen LogP contribution >= 0.6 is 0 Å². The second kappa shape index (κ2) is 7.82. The monoisotopic (exact) mass is 403 g/mol. The number of hydrogen-bond donors (Lipinski definition) is 2. The van der Waals surface area contributed by atoms with E-state index in [1.807, 2.05) is 44.2 Å². The van der Waals surface area contributed by atoms with Crippen molar-refractivity contribution in [2.24, 2.45) is 0 Å². The third-order valence-electron chi connectivity index (χ3n) is 5.00. The van der Waals surface area contributed by atoms with E-state index in [-0.39, 0.29) is 30.0 Å². The molecule has 8 heteroatoms. The van der Waals surface area contributed by atoms with E-state index in [9.17, 15) is 14.4 Å². The largest absolute Gasteiger partial charge is 0.323 e. The Morgan fingerprint density at radius 3 is 2.40 bits per heavy atom. The van der Waals surface area contributed by atoms with Crippen LogP contribution in [0.2, 0.25) is 0 Å². The number of H-pyrrole nitrogens is 1. The Kier molecular flexibility index (Phi) is 5.05. The van der Waals surface area contributed by atoms with Crippen molar-refractivity contribution in [2.45, 2.75) is 26.8 Å². The molecule has 4 rings (SSSR count). The van der Waals surface area contributed by atoms with Gasteiger partial charge >= 0.3 is 0 Å². The van der Waals surface area contributed by atoms with Crippen LogP contribution in [0.15, 0.2) is 64.2 Å². The van der Waals surface area contributed by atoms with Crippen LogP contribution in [0.25, 0.3) is 16.5 Å². The molecule has 0 saturated carbocycles. The Morgan fingerprint density at radius 2 is 1.67 bits per heavy atom. The van der Waals surface area contributed by atoms with Gasteiger partial charge in [-0.05, 0) is 38.1 Å². The van der Waals surface area contributed by atoms with Gasteiger partial charge in [-0.15, -0.1) is 0 Å². The summed E-state index contributed by atoms with van der Waals surface area (Å²) in [5, 5.41) is 10.6. The molecule has 152 valence electrons. The number of fused-ring (bicyclic) bond motifs is 1. The minimum Gasteiger partial charge on any atom is -0.323 e. The summed E-state index contributed by atoms with van der Waals surface area (Å²) >= 11 is 0. The Hall–Kier alpha value is -3.94. The number of amides is 1. The Morgan fingerprint density at radius 1 is 1.00 bits per heavy atom. The minimum absolute atomic E-state index is 0.0313. The van der Waals surface area contributed by atoms with Gasteiger partial charge in [0.2, 0.25) is 5.91 Å². The molecule has 0 radical (unpaired) electrons. The predicted molar refractivity (Wildman–Crippen MR) is 115 cm³/mol. The van der Waals surface area contributed by atoms with Gasteiger partial charge in [0.15, 0.2) is 0 Å². The fraction of sp³-hybridized carbons (Fsp3) is 0.182. The van der Waals surface area contributed by atoms with Gasteiger partial charge in [0.25, 0.3) is 11.1 Å². The van der Waals surface area contributed by atoms with Crippen molar-refractivity contribution in [1.82, 2.24) is 19.6 Å². The van der Waals surface area contributed by atoms with Gasteiger partial charge in [0.05, 0.1) is 40.1 Å². The molecule has 0 bridgehead atoms. The molecule has 2 aromatic carbocycles. The average Bonchev–Trinajstić information content (AvgIpc) is 3.04. The van der Waals surface area contributed by atoms with Gasteiger partial charge in [-0.25, -0.2) is 9.36 Å². The van der Waals surface area contributed by atoms with E-state index in [0.717, 1.165) is 11.4 Å². The van der Waals surface area contributed by atoms with Gasteiger partial charge < -0.3 is 5.32 Å². The molecule has 0 fully saturated rings. The van der Waals surface area contributed by atoms with Crippen LogP contribution < -0.4 is 16.4 Å². The summed E-state index contributed by atoms with van der Waals surface area (Å²) in [5.41, 5.74) is 2.36. The lowest BCUT2D eigenvalue weighted by atomic mass is 10.2. The Labute approximate surface area is 171 Å². The third-order valence-corrected chi connectivity index (χ3v) is 5.00. The van der Waals surface area contributed by atoms with Crippen molar-refractivity contribution in [1.29, 1.82) is 0 Å². The number of anilines is 1. The fourth-order valence-electron chi connectivity index (χ4n) is 3.46. The normalized spacial score (nSPS) is 11.0. The van der Waals surface area contributed by atoms with E-state index in [1.54, 1.807) is 28.9 Å². The number of benzene rings is 2. The molecular weight excluding hydrogens is 382 g/mol. The van der Waals surface area contributed by atoms with E-state index in [0.29, 0.717) is 22.2 Å². The topological polar surface area (TPSA) is 102 Å². The van der Waals surface area contributed by atoms with Crippen LogP contribution in [0.1, 0.15) is 17.8 Å². The summed E-state index contributed by atoms with van der Waals surface area (Å²) in [5.74, 6) is -0.269. The number of hydrogen-bond acceptors (Lipinski definition) is 4. The zero-order chi connectivity index (χ0) is 21.3. The van der Waals surface area contributed by atoms with Crippen LogP contribution in [0, 0.1) is 13.8 Å². The van der Waals surface area contributed by atoms with Crippen LogP contribution in [0.5, 0.6) is 0 Å². The number of aromatic amines is 1. The van der Waals surface area contributed by atoms with Crippen molar-refractivity contribution in [3.05, 3.63) is 86.7 Å². The molecule has 30 heavy (non-hydrogen) atoms. The van der Waals surface area contributed by atoms with Gasteiger partial charge in [-0.3, -0.25) is 19.5 Å². The summed E-state index contributed by atoms with van der Waals surface area (Å²) in [6.07, 6.45) is 0.0313. The lowest BCUT2D eigenvalue weighted by Gasteiger charge is -2.09. The second-order valence-corrected chi connectivity index (χ2v) is 7.03. The smallest absolute Gasteiger partial charge is 0.273 e. The first-order valence-corrected chi connectivity index (χ1v) is 9.59. The van der Waals surface area contributed by atoms with Crippen molar-refractivity contribution >= 4 is 22.4 Å². The molecule has 0 atom stereocenters. The predicted octanol–water partition coefficient (Wildman–Crippen LogP) is 2.52. The molecule has 0 aliphatic heterocycles. The number of nitrogens with one attached hydrogen (secondary N) is 2. The Balaban J connectivity index is 1.52. The number of para-hydroxylation sites is 1. The standard InChI is InChI=1S/C22H21N5O3/c1-14-20(15(2)27(24-14)16-8-4-3-5-9-16)23-19(28)12-13-26-22(30)18-11-7-6-10-17(18)21(29)25-26/h3-11H,12-13H2,1-2H3,(H,23,28)(H,25,29). The SMILES string of the molecule is Cc1nn(-c2ccccc2)c(C)c1NC(=O)CCn1[nH]c(=O)c2ccccc2c1=O. The van der Waals surface area contributed by atoms with E-state index in [2.05, 4.69) is 15.5 Å². The van der Waals surface area contributed by atoms with Gasteiger partial charge in [0.1, 0.15) is 0 Å². The highest BCUT2D eigenvalue weighted by Gasteiger charge is 2.16. The maximum absolute atomic E-state index is 12.6. The molecule has 2 heterocycles. The number of nitrogens with zero attached hydrogens (tertiary/aromatic N) is 3. The summed E-state index contributed by atoms with van der Waals surface area (Å²) in [4.78, 5) is 37.3. The summed E-state index contributed by atoms with van der Waals surface area (Å²) < 4.78 is 2.95. The number of carbonyl (C=O) groups excluding carboxylic acids is 1. The number of aryl methyl sites for hydroxylation is 2. The molecule has 4 aromatic rings. The van der Waals surface area contributed by atoms with Gasteiger partial charge in [-0.2, -0.15) is 5.10 Å². The molecule has 2 N–H and O–H groups in total. The summed E-state index contributed by atoms with van der Waals surface area (Å²) in [6.45, 7) is 3.77. The average molecular weight is 403 g/mol. The van der Waals surface area contributed by atoms with Crippen molar-refractivity contribution < 1.29 is 4.79 Å². The van der Waals surface area contributed by atoms with Crippen molar-refractivity contribution in [2.75, 3.05) is 5.32 Å². The molecule has 0 aliphatic rings. The quantitative estimate of drug-likeness (QED) is 0.535. The molecule has 2 aromatic heterocycles. The van der Waals surface area contributed by atoms with Crippen LogP contribution in [-0.4, -0.2) is 25.5 Å².